The molecule has 4 nitrogen and oxygen atoms in total. The van der Waals surface area contributed by atoms with Gasteiger partial charge in [0.25, 0.3) is 0 Å². The molecule has 2 atom stereocenters. The fraction of sp³-hybridized carbons (Fsp3) is 1.00. The van der Waals surface area contributed by atoms with Crippen molar-refractivity contribution in [3.8, 4) is 0 Å². The van der Waals surface area contributed by atoms with Crippen LogP contribution in [0.1, 0.15) is 19.3 Å². The normalized spacial score (nSPS) is 34.9. The van der Waals surface area contributed by atoms with Crippen LogP contribution >= 0.6 is 0 Å². The van der Waals surface area contributed by atoms with Gasteiger partial charge in [-0.15, -0.1) is 0 Å². The summed E-state index contributed by atoms with van der Waals surface area (Å²) in [4.78, 5) is 0. The summed E-state index contributed by atoms with van der Waals surface area (Å²) in [5, 5.41) is 3.36. The Morgan fingerprint density at radius 2 is 2.07 bits per heavy atom. The smallest absolute Gasteiger partial charge is 0.158 e. The second-order valence-corrected chi connectivity index (χ2v) is 4.19. The topological polar surface area (TPSA) is 56.5 Å². The van der Waals surface area contributed by atoms with Gasteiger partial charge >= 0.3 is 0 Å². The van der Waals surface area contributed by atoms with Gasteiger partial charge in [0.05, 0.1) is 12.7 Å². The molecular weight excluding hydrogens is 180 g/mol. The predicted molar refractivity (Wildman–Crippen MR) is 53.9 cm³/mol. The van der Waals surface area contributed by atoms with Gasteiger partial charge in [-0.1, -0.05) is 0 Å². The molecule has 0 aliphatic carbocycles. The van der Waals surface area contributed by atoms with E-state index in [9.17, 15) is 0 Å². The zero-order chi connectivity index (χ0) is 9.80. The van der Waals surface area contributed by atoms with Crippen LogP contribution in [0.2, 0.25) is 0 Å². The standard InChI is InChI=1S/C10H20N2O2/c11-6-9-7-13-10(14-9)5-8-1-3-12-4-2-8/h8-10,12H,1-7,11H2. The number of hydrogen-bond acceptors (Lipinski definition) is 4. The molecule has 0 aromatic rings. The average Bonchev–Trinajstić information content (AvgIpc) is 2.67. The van der Waals surface area contributed by atoms with E-state index >= 15 is 0 Å². The van der Waals surface area contributed by atoms with Crippen molar-refractivity contribution < 1.29 is 9.47 Å². The maximum absolute atomic E-state index is 5.65. The number of hydrogen-bond donors (Lipinski definition) is 2. The van der Waals surface area contributed by atoms with E-state index in [0.29, 0.717) is 13.2 Å². The summed E-state index contributed by atoms with van der Waals surface area (Å²) in [5.74, 6) is 0.762. The van der Waals surface area contributed by atoms with Crippen LogP contribution in [0, 0.1) is 5.92 Å². The molecule has 2 aliphatic rings. The number of nitrogens with two attached hydrogens (primary N) is 1. The monoisotopic (exact) mass is 200 g/mol. The second-order valence-electron chi connectivity index (χ2n) is 4.19. The van der Waals surface area contributed by atoms with E-state index in [4.69, 9.17) is 15.2 Å². The first-order valence-corrected chi connectivity index (χ1v) is 5.56. The van der Waals surface area contributed by atoms with Crippen molar-refractivity contribution in [1.82, 2.24) is 5.32 Å². The molecule has 0 spiro atoms. The first kappa shape index (κ1) is 10.4. The van der Waals surface area contributed by atoms with E-state index in [1.54, 1.807) is 0 Å². The Balaban J connectivity index is 1.69. The van der Waals surface area contributed by atoms with Crippen LogP contribution in [0.15, 0.2) is 0 Å². The van der Waals surface area contributed by atoms with E-state index in [1.165, 1.54) is 12.8 Å². The molecular formula is C10H20N2O2. The molecule has 0 aromatic carbocycles. The third kappa shape index (κ3) is 2.67. The summed E-state index contributed by atoms with van der Waals surface area (Å²) in [6, 6.07) is 0. The summed E-state index contributed by atoms with van der Waals surface area (Å²) < 4.78 is 11.2. The lowest BCUT2D eigenvalue weighted by Crippen LogP contribution is -2.30. The van der Waals surface area contributed by atoms with Crippen LogP contribution in [-0.4, -0.2) is 38.6 Å². The minimum absolute atomic E-state index is 0.00616. The highest BCUT2D eigenvalue weighted by atomic mass is 16.7. The zero-order valence-electron chi connectivity index (χ0n) is 8.58. The Morgan fingerprint density at radius 1 is 1.29 bits per heavy atom. The molecule has 2 rings (SSSR count). The number of piperidine rings is 1. The molecule has 0 bridgehead atoms. The van der Waals surface area contributed by atoms with Crippen molar-refractivity contribution in [2.75, 3.05) is 26.2 Å². The Bertz CT molecular complexity index is 172. The lowest BCUT2D eigenvalue weighted by atomic mass is 9.94. The van der Waals surface area contributed by atoms with Crippen molar-refractivity contribution in [3.63, 3.8) is 0 Å². The first-order chi connectivity index (χ1) is 6.88. The summed E-state index contributed by atoms with van der Waals surface area (Å²) >= 11 is 0. The molecule has 2 heterocycles. The third-order valence-electron chi connectivity index (χ3n) is 3.06. The van der Waals surface area contributed by atoms with Crippen LogP contribution in [0.4, 0.5) is 0 Å². The van der Waals surface area contributed by atoms with Gasteiger partial charge in [-0.25, -0.2) is 0 Å². The molecule has 4 heteroatoms. The number of rotatable bonds is 3. The van der Waals surface area contributed by atoms with E-state index in [1.807, 2.05) is 0 Å². The van der Waals surface area contributed by atoms with Gasteiger partial charge in [0.1, 0.15) is 0 Å². The van der Waals surface area contributed by atoms with E-state index < -0.39 is 0 Å². The van der Waals surface area contributed by atoms with Crippen molar-refractivity contribution in [3.05, 3.63) is 0 Å². The van der Waals surface area contributed by atoms with Gasteiger partial charge in [0.15, 0.2) is 6.29 Å². The molecule has 2 saturated heterocycles. The highest BCUT2D eigenvalue weighted by Gasteiger charge is 2.27. The molecule has 0 radical (unpaired) electrons. The molecule has 2 unspecified atom stereocenters. The highest BCUT2D eigenvalue weighted by Crippen LogP contribution is 2.23. The summed E-state index contributed by atoms with van der Waals surface area (Å²) in [7, 11) is 0. The molecule has 14 heavy (non-hydrogen) atoms. The number of nitrogens with one attached hydrogen (secondary N) is 1. The Morgan fingerprint density at radius 3 is 2.71 bits per heavy atom. The maximum atomic E-state index is 5.65. The fourth-order valence-corrected chi connectivity index (χ4v) is 2.14. The van der Waals surface area contributed by atoms with Gasteiger partial charge < -0.3 is 20.5 Å². The Kier molecular flexibility index (Phi) is 3.75. The highest BCUT2D eigenvalue weighted by molar-refractivity contribution is 4.73. The van der Waals surface area contributed by atoms with Crippen molar-refractivity contribution in [1.29, 1.82) is 0 Å². The first-order valence-electron chi connectivity index (χ1n) is 5.56. The van der Waals surface area contributed by atoms with Crippen molar-refractivity contribution in [2.24, 2.45) is 11.7 Å². The Hall–Kier alpha value is -0.160. The molecule has 82 valence electrons. The van der Waals surface area contributed by atoms with Crippen LogP contribution in [-0.2, 0) is 9.47 Å². The molecule has 0 amide bonds. The summed E-state index contributed by atoms with van der Waals surface area (Å²) in [5.41, 5.74) is 5.51. The minimum Gasteiger partial charge on any atom is -0.350 e. The summed E-state index contributed by atoms with van der Waals surface area (Å²) in [6.45, 7) is 3.52. The average molecular weight is 200 g/mol. The maximum Gasteiger partial charge on any atom is 0.158 e. The lowest BCUT2D eigenvalue weighted by molar-refractivity contribution is -0.0718. The van der Waals surface area contributed by atoms with Crippen molar-refractivity contribution >= 4 is 0 Å². The quantitative estimate of drug-likeness (QED) is 0.677. The zero-order valence-corrected chi connectivity index (χ0v) is 8.58. The van der Waals surface area contributed by atoms with Gasteiger partial charge in [-0.2, -0.15) is 0 Å². The van der Waals surface area contributed by atoms with Crippen LogP contribution in [0.5, 0.6) is 0 Å². The van der Waals surface area contributed by atoms with E-state index in [0.717, 1.165) is 25.4 Å². The van der Waals surface area contributed by atoms with Gasteiger partial charge in [0, 0.05) is 13.0 Å². The van der Waals surface area contributed by atoms with Crippen LogP contribution in [0.25, 0.3) is 0 Å². The summed E-state index contributed by atoms with van der Waals surface area (Å²) in [6.07, 6.45) is 3.67. The van der Waals surface area contributed by atoms with Gasteiger partial charge in [0.2, 0.25) is 0 Å². The predicted octanol–water partition coefficient (Wildman–Crippen LogP) is 0.0763. The van der Waals surface area contributed by atoms with Gasteiger partial charge in [-0.3, -0.25) is 0 Å². The minimum atomic E-state index is 0.00616. The van der Waals surface area contributed by atoms with Crippen LogP contribution < -0.4 is 11.1 Å². The van der Waals surface area contributed by atoms with E-state index in [2.05, 4.69) is 5.32 Å². The van der Waals surface area contributed by atoms with Crippen molar-refractivity contribution in [2.45, 2.75) is 31.7 Å². The number of ether oxygens (including phenoxy) is 2. The molecule has 0 aromatic heterocycles. The molecule has 0 saturated carbocycles. The second kappa shape index (κ2) is 5.07. The van der Waals surface area contributed by atoms with Gasteiger partial charge in [-0.05, 0) is 31.8 Å². The Labute approximate surface area is 85.1 Å². The lowest BCUT2D eigenvalue weighted by Gasteiger charge is -2.24. The molecule has 2 aliphatic heterocycles. The third-order valence-corrected chi connectivity index (χ3v) is 3.06. The largest absolute Gasteiger partial charge is 0.350 e. The SMILES string of the molecule is NCC1COC(CC2CCNCC2)O1. The van der Waals surface area contributed by atoms with E-state index in [-0.39, 0.29) is 12.4 Å². The molecule has 3 N–H and O–H groups in total. The fourth-order valence-electron chi connectivity index (χ4n) is 2.14. The van der Waals surface area contributed by atoms with Crippen LogP contribution in [0.3, 0.4) is 0 Å². The molecule has 2 fully saturated rings.